The maximum absolute atomic E-state index is 14.9. The molecular weight excluding hydrogens is 428 g/mol. The lowest BCUT2D eigenvalue weighted by molar-refractivity contribution is -0.137. The van der Waals surface area contributed by atoms with Gasteiger partial charge in [0.25, 0.3) is 0 Å². The van der Waals surface area contributed by atoms with Crippen LogP contribution in [-0.4, -0.2) is 9.97 Å². The first-order chi connectivity index (χ1) is 14.8. The van der Waals surface area contributed by atoms with Gasteiger partial charge in [-0.1, -0.05) is 36.4 Å². The normalized spacial score (nSPS) is 14.2. The van der Waals surface area contributed by atoms with Crippen LogP contribution in [0.4, 0.5) is 17.6 Å². The molecule has 0 aliphatic rings. The Morgan fingerprint density at radius 3 is 2.03 bits per heavy atom. The first-order valence-electron chi connectivity index (χ1n) is 9.49. The SMILES string of the molecule is Fc1cccc2[nH]cc(C(Cl)(c3ccc(C(F)(F)F)cc3)c3c[nH]c4ccccc34)c12. The second kappa shape index (κ2) is 6.89. The lowest BCUT2D eigenvalue weighted by Crippen LogP contribution is -2.22. The molecule has 0 radical (unpaired) electrons. The van der Waals surface area contributed by atoms with Crippen molar-refractivity contribution in [2.75, 3.05) is 0 Å². The van der Waals surface area contributed by atoms with Crippen LogP contribution in [0.1, 0.15) is 22.3 Å². The molecule has 2 aromatic heterocycles. The van der Waals surface area contributed by atoms with Gasteiger partial charge < -0.3 is 9.97 Å². The smallest absolute Gasteiger partial charge is 0.361 e. The van der Waals surface area contributed by atoms with E-state index in [0.29, 0.717) is 27.6 Å². The maximum atomic E-state index is 14.9. The first-order valence-corrected chi connectivity index (χ1v) is 9.87. The molecule has 2 N–H and O–H groups in total. The van der Waals surface area contributed by atoms with E-state index in [1.807, 2.05) is 24.3 Å². The minimum Gasteiger partial charge on any atom is -0.361 e. The van der Waals surface area contributed by atoms with Gasteiger partial charge in [-0.3, -0.25) is 0 Å². The van der Waals surface area contributed by atoms with Crippen molar-refractivity contribution in [3.8, 4) is 0 Å². The Bertz CT molecular complexity index is 1400. The van der Waals surface area contributed by atoms with E-state index in [2.05, 4.69) is 9.97 Å². The molecule has 5 aromatic rings. The Morgan fingerprint density at radius 1 is 0.677 bits per heavy atom. The largest absolute Gasteiger partial charge is 0.416 e. The molecule has 0 saturated carbocycles. The van der Waals surface area contributed by atoms with Crippen LogP contribution in [0.25, 0.3) is 21.8 Å². The van der Waals surface area contributed by atoms with Gasteiger partial charge in [0.1, 0.15) is 10.7 Å². The van der Waals surface area contributed by atoms with E-state index in [9.17, 15) is 17.6 Å². The summed E-state index contributed by atoms with van der Waals surface area (Å²) in [5.74, 6) is -0.467. The summed E-state index contributed by atoms with van der Waals surface area (Å²) in [6.07, 6.45) is -1.14. The lowest BCUT2D eigenvalue weighted by atomic mass is 9.83. The number of alkyl halides is 4. The molecule has 7 heteroatoms. The highest BCUT2D eigenvalue weighted by Crippen LogP contribution is 2.48. The zero-order valence-corrected chi connectivity index (χ0v) is 16.7. The summed E-state index contributed by atoms with van der Waals surface area (Å²) in [4.78, 5) is 4.75. The zero-order chi connectivity index (χ0) is 21.8. The highest BCUT2D eigenvalue weighted by molar-refractivity contribution is 6.30. The number of rotatable bonds is 3. The van der Waals surface area contributed by atoms with Crippen molar-refractivity contribution in [2.45, 2.75) is 11.1 Å². The van der Waals surface area contributed by atoms with Crippen molar-refractivity contribution in [1.29, 1.82) is 0 Å². The minimum atomic E-state index is -4.47. The highest BCUT2D eigenvalue weighted by atomic mass is 35.5. The quantitative estimate of drug-likeness (QED) is 0.216. The van der Waals surface area contributed by atoms with Gasteiger partial charge in [-0.2, -0.15) is 13.2 Å². The number of nitrogens with one attached hydrogen (secondary N) is 2. The third kappa shape index (κ3) is 3.01. The molecule has 0 saturated heterocycles. The lowest BCUT2D eigenvalue weighted by Gasteiger charge is -2.28. The van der Waals surface area contributed by atoms with Crippen molar-refractivity contribution in [2.24, 2.45) is 0 Å². The van der Waals surface area contributed by atoms with Gasteiger partial charge in [0.2, 0.25) is 0 Å². The number of fused-ring (bicyclic) bond motifs is 2. The van der Waals surface area contributed by atoms with Crippen molar-refractivity contribution in [3.05, 3.63) is 107 Å². The predicted molar refractivity (Wildman–Crippen MR) is 114 cm³/mol. The van der Waals surface area contributed by atoms with E-state index < -0.39 is 22.4 Å². The Kier molecular flexibility index (Phi) is 4.38. The predicted octanol–water partition coefficient (Wildman–Crippen LogP) is 7.34. The van der Waals surface area contributed by atoms with Crippen LogP contribution >= 0.6 is 11.6 Å². The maximum Gasteiger partial charge on any atom is 0.416 e. The van der Waals surface area contributed by atoms with Gasteiger partial charge in [0.05, 0.1) is 5.56 Å². The van der Waals surface area contributed by atoms with Crippen LogP contribution in [0.5, 0.6) is 0 Å². The Hall–Kier alpha value is -3.25. The molecule has 0 bridgehead atoms. The summed E-state index contributed by atoms with van der Waals surface area (Å²) in [6, 6.07) is 16.8. The fourth-order valence-electron chi connectivity index (χ4n) is 4.11. The molecule has 31 heavy (non-hydrogen) atoms. The molecule has 5 rings (SSSR count). The Balaban J connectivity index is 1.83. The van der Waals surface area contributed by atoms with Crippen LogP contribution in [0.3, 0.4) is 0 Å². The molecular formula is C24H15ClF4N2. The van der Waals surface area contributed by atoms with Gasteiger partial charge in [0.15, 0.2) is 0 Å². The zero-order valence-electron chi connectivity index (χ0n) is 15.9. The van der Waals surface area contributed by atoms with Gasteiger partial charge in [-0.05, 0) is 35.9 Å². The van der Waals surface area contributed by atoms with E-state index >= 15 is 0 Å². The number of H-pyrrole nitrogens is 2. The second-order valence-corrected chi connectivity index (χ2v) is 7.91. The van der Waals surface area contributed by atoms with Crippen molar-refractivity contribution < 1.29 is 17.6 Å². The molecule has 2 heterocycles. The standard InChI is InChI=1S/C24H15ClF4N2/c25-23(14-8-10-15(11-9-14)24(27,28)29,17-12-30-20-6-2-1-4-16(17)20)18-13-31-21-7-3-5-19(26)22(18)21/h1-13,30-31H. The van der Waals surface area contributed by atoms with Crippen LogP contribution in [0.15, 0.2) is 79.1 Å². The third-order valence-electron chi connectivity index (χ3n) is 5.60. The van der Waals surface area contributed by atoms with Gasteiger partial charge in [-0.15, -0.1) is 11.6 Å². The molecule has 1 atom stereocenters. The van der Waals surface area contributed by atoms with E-state index in [4.69, 9.17) is 11.6 Å². The second-order valence-electron chi connectivity index (χ2n) is 7.35. The molecule has 0 aliphatic carbocycles. The number of aromatic nitrogens is 2. The molecule has 0 aliphatic heterocycles. The van der Waals surface area contributed by atoms with E-state index in [0.717, 1.165) is 23.0 Å². The summed E-state index contributed by atoms with van der Waals surface area (Å²) in [5, 5.41) is 1.09. The van der Waals surface area contributed by atoms with Crippen LogP contribution in [0, 0.1) is 5.82 Å². The van der Waals surface area contributed by atoms with Crippen molar-refractivity contribution in [1.82, 2.24) is 9.97 Å². The Labute approximate surface area is 179 Å². The highest BCUT2D eigenvalue weighted by Gasteiger charge is 2.40. The molecule has 0 amide bonds. The van der Waals surface area contributed by atoms with Gasteiger partial charge in [-0.25, -0.2) is 4.39 Å². The van der Waals surface area contributed by atoms with E-state index in [1.54, 1.807) is 24.5 Å². The van der Waals surface area contributed by atoms with E-state index in [1.165, 1.54) is 18.2 Å². The van der Waals surface area contributed by atoms with Crippen LogP contribution in [0.2, 0.25) is 0 Å². The number of hydrogen-bond donors (Lipinski definition) is 2. The average Bonchev–Trinajstić information content (AvgIpc) is 3.38. The molecule has 1 unspecified atom stereocenters. The molecule has 2 nitrogen and oxygen atoms in total. The summed E-state index contributed by atoms with van der Waals surface area (Å²) in [7, 11) is 0. The average molecular weight is 443 g/mol. The fraction of sp³-hybridized carbons (Fsp3) is 0.0833. The topological polar surface area (TPSA) is 31.6 Å². The Morgan fingerprint density at radius 2 is 1.29 bits per heavy atom. The van der Waals surface area contributed by atoms with Gasteiger partial charge in [0, 0.05) is 45.3 Å². The van der Waals surface area contributed by atoms with Crippen LogP contribution < -0.4 is 0 Å². The van der Waals surface area contributed by atoms with Crippen LogP contribution in [-0.2, 0) is 11.1 Å². The number of hydrogen-bond acceptors (Lipinski definition) is 0. The van der Waals surface area contributed by atoms with Crippen molar-refractivity contribution >= 4 is 33.4 Å². The molecule has 0 fully saturated rings. The molecule has 0 spiro atoms. The number of benzene rings is 3. The summed E-state index contributed by atoms with van der Waals surface area (Å²) in [5.41, 5.74) is 2.03. The third-order valence-corrected chi connectivity index (χ3v) is 6.22. The summed E-state index contributed by atoms with van der Waals surface area (Å²) in [6.45, 7) is 0. The minimum absolute atomic E-state index is 0.294. The molecule has 156 valence electrons. The molecule has 3 aromatic carbocycles. The summed E-state index contributed by atoms with van der Waals surface area (Å²) < 4.78 is 54.3. The number of aromatic amines is 2. The number of halogens is 5. The number of para-hydroxylation sites is 1. The first kappa shape index (κ1) is 19.7. The summed E-state index contributed by atoms with van der Waals surface area (Å²) >= 11 is 7.31. The monoisotopic (exact) mass is 442 g/mol. The fourth-order valence-corrected chi connectivity index (χ4v) is 4.54. The van der Waals surface area contributed by atoms with E-state index in [-0.39, 0.29) is 0 Å². The van der Waals surface area contributed by atoms with Crippen molar-refractivity contribution in [3.63, 3.8) is 0 Å². The van der Waals surface area contributed by atoms with Gasteiger partial charge >= 0.3 is 6.18 Å².